The highest BCUT2D eigenvalue weighted by atomic mass is 16.4. The molecule has 0 atom stereocenters. The van der Waals surface area contributed by atoms with Crippen LogP contribution in [0.1, 0.15) is 34.6 Å². The maximum atomic E-state index is 9.60. The van der Waals surface area contributed by atoms with Gasteiger partial charge in [0.2, 0.25) is 0 Å². The number of aliphatic carboxylic acids is 2. The van der Waals surface area contributed by atoms with Crippen LogP contribution in [-0.2, 0) is 9.59 Å². The first-order chi connectivity index (χ1) is 9.53. The van der Waals surface area contributed by atoms with Gasteiger partial charge in [-0.1, -0.05) is 31.4 Å². The van der Waals surface area contributed by atoms with Gasteiger partial charge < -0.3 is 10.2 Å². The molecule has 0 aromatic carbocycles. The van der Waals surface area contributed by atoms with Gasteiger partial charge in [-0.2, -0.15) is 0 Å². The molecule has 122 valence electrons. The smallest absolute Gasteiger partial charge is 0.330 e. The molecule has 0 heterocycles. The van der Waals surface area contributed by atoms with Crippen LogP contribution in [0, 0.1) is 0 Å². The van der Waals surface area contributed by atoms with Crippen molar-refractivity contribution >= 4 is 11.9 Å². The lowest BCUT2D eigenvalue weighted by atomic mass is 10.4. The normalized spacial score (nSPS) is 6.14. The van der Waals surface area contributed by atoms with Crippen LogP contribution in [0.25, 0.3) is 0 Å². The van der Waals surface area contributed by atoms with Crippen molar-refractivity contribution < 1.29 is 19.8 Å². The Bertz CT molecular complexity index is 263. The van der Waals surface area contributed by atoms with Crippen molar-refractivity contribution in [2.45, 2.75) is 34.6 Å². The predicted octanol–water partition coefficient (Wildman–Crippen LogP) is 4.87. The zero-order chi connectivity index (χ0) is 18.4. The van der Waals surface area contributed by atoms with Crippen molar-refractivity contribution in [3.63, 3.8) is 0 Å². The topological polar surface area (TPSA) is 74.6 Å². The molecule has 4 heteroatoms. The second kappa shape index (κ2) is 30.6. The third-order valence-corrected chi connectivity index (χ3v) is 0.730. The molecule has 0 aromatic heterocycles. The number of hydrogen-bond donors (Lipinski definition) is 2. The van der Waals surface area contributed by atoms with E-state index in [2.05, 4.69) is 32.9 Å². The Labute approximate surface area is 129 Å². The lowest BCUT2D eigenvalue weighted by molar-refractivity contribution is -0.133. The van der Waals surface area contributed by atoms with Crippen LogP contribution in [0.5, 0.6) is 0 Å². The molecule has 0 bridgehead atoms. The van der Waals surface area contributed by atoms with Gasteiger partial charge in [0.1, 0.15) is 0 Å². The van der Waals surface area contributed by atoms with E-state index < -0.39 is 11.9 Å². The number of carbonyl (C=O) groups is 2. The Morgan fingerprint density at radius 2 is 0.762 bits per heavy atom. The van der Waals surface area contributed by atoms with E-state index in [9.17, 15) is 9.59 Å². The molecule has 2 N–H and O–H groups in total. The van der Waals surface area contributed by atoms with Gasteiger partial charge in [0.15, 0.2) is 0 Å². The predicted molar refractivity (Wildman–Crippen MR) is 92.5 cm³/mol. The molecule has 0 saturated heterocycles. The van der Waals surface area contributed by atoms with Gasteiger partial charge in [0.05, 0.1) is 0 Å². The Balaban J connectivity index is -0.0000000533. The fourth-order valence-electron chi connectivity index (χ4n) is 0. The number of hydrogen-bond acceptors (Lipinski definition) is 2. The minimum absolute atomic E-state index is 0.176. The van der Waals surface area contributed by atoms with E-state index in [-0.39, 0.29) is 11.1 Å². The highest BCUT2D eigenvalue weighted by Crippen LogP contribution is 1.81. The molecule has 0 aliphatic heterocycles. The highest BCUT2D eigenvalue weighted by molar-refractivity contribution is 5.85. The molecular weight excluding hydrogens is 268 g/mol. The third-order valence-electron chi connectivity index (χ3n) is 0.730. The standard InChI is InChI=1S/2C4H6O2.3C3H6/c2*1-3(2)4(5)6;3*1-3-2/h2*1H2,2H3,(H,5,6);3*3H,1H2,2H3. The van der Waals surface area contributed by atoms with Crippen LogP contribution in [0.4, 0.5) is 0 Å². The second-order valence-corrected chi connectivity index (χ2v) is 3.40. The molecule has 0 saturated carbocycles. The van der Waals surface area contributed by atoms with Crippen molar-refractivity contribution in [2.24, 2.45) is 0 Å². The van der Waals surface area contributed by atoms with Gasteiger partial charge in [0.25, 0.3) is 0 Å². The summed E-state index contributed by atoms with van der Waals surface area (Å²) in [6, 6.07) is 0. The number of carboxylic acids is 2. The van der Waals surface area contributed by atoms with Crippen LogP contribution >= 0.6 is 0 Å². The average Bonchev–Trinajstić information content (AvgIpc) is 2.32. The van der Waals surface area contributed by atoms with Crippen LogP contribution in [0.2, 0.25) is 0 Å². The lowest BCUT2D eigenvalue weighted by Crippen LogP contribution is -1.92. The number of rotatable bonds is 2. The van der Waals surface area contributed by atoms with Crippen molar-refractivity contribution in [3.8, 4) is 0 Å². The van der Waals surface area contributed by atoms with Gasteiger partial charge in [-0.25, -0.2) is 9.59 Å². The van der Waals surface area contributed by atoms with Crippen molar-refractivity contribution in [1.82, 2.24) is 0 Å². The fraction of sp³-hybridized carbons (Fsp3) is 0.294. The minimum Gasteiger partial charge on any atom is -0.478 e. The molecule has 0 unspecified atom stereocenters. The van der Waals surface area contributed by atoms with Crippen LogP contribution < -0.4 is 0 Å². The van der Waals surface area contributed by atoms with Crippen molar-refractivity contribution in [1.29, 1.82) is 0 Å². The minimum atomic E-state index is -0.935. The Kier molecular flexibility index (Phi) is 45.4. The first kappa shape index (κ1) is 31.2. The maximum absolute atomic E-state index is 9.60. The molecule has 0 rings (SSSR count). The molecular formula is C17H30O4. The summed E-state index contributed by atoms with van der Waals surface area (Å²) in [7, 11) is 0. The third kappa shape index (κ3) is 136. The fourth-order valence-corrected chi connectivity index (χ4v) is 0. The van der Waals surface area contributed by atoms with Gasteiger partial charge in [0, 0.05) is 11.1 Å². The summed E-state index contributed by atoms with van der Waals surface area (Å²) in [6.07, 6.45) is 5.25. The van der Waals surface area contributed by atoms with Crippen LogP contribution in [0.3, 0.4) is 0 Å². The summed E-state index contributed by atoms with van der Waals surface area (Å²) in [4.78, 5) is 19.2. The molecule has 0 aliphatic carbocycles. The van der Waals surface area contributed by atoms with Gasteiger partial charge >= 0.3 is 11.9 Å². The van der Waals surface area contributed by atoms with Crippen molar-refractivity contribution in [2.75, 3.05) is 0 Å². The van der Waals surface area contributed by atoms with E-state index in [0.717, 1.165) is 0 Å². The largest absolute Gasteiger partial charge is 0.478 e. The van der Waals surface area contributed by atoms with E-state index in [1.807, 2.05) is 20.8 Å². The van der Waals surface area contributed by atoms with E-state index in [0.29, 0.717) is 0 Å². The molecule has 4 nitrogen and oxygen atoms in total. The summed E-state index contributed by atoms with van der Waals surface area (Å²) in [5, 5.41) is 15.8. The first-order valence-corrected chi connectivity index (χ1v) is 6.02. The maximum Gasteiger partial charge on any atom is 0.330 e. The SMILES string of the molecule is C=C(C)C(=O)O.C=C(C)C(=O)O.C=CC.C=CC.C=CC. The second-order valence-electron chi connectivity index (χ2n) is 3.40. The van der Waals surface area contributed by atoms with Crippen molar-refractivity contribution in [3.05, 3.63) is 62.3 Å². The summed E-state index contributed by atoms with van der Waals surface area (Å²) in [5.41, 5.74) is 0.352. The molecule has 0 amide bonds. The highest BCUT2D eigenvalue weighted by Gasteiger charge is 1.90. The summed E-state index contributed by atoms with van der Waals surface area (Å²) >= 11 is 0. The summed E-state index contributed by atoms with van der Waals surface area (Å²) in [5.74, 6) is -1.87. The van der Waals surface area contributed by atoms with Gasteiger partial charge in [-0.3, -0.25) is 0 Å². The van der Waals surface area contributed by atoms with E-state index in [1.54, 1.807) is 18.2 Å². The zero-order valence-electron chi connectivity index (χ0n) is 14.0. The van der Waals surface area contributed by atoms with Crippen LogP contribution in [0.15, 0.2) is 62.3 Å². The van der Waals surface area contributed by atoms with Gasteiger partial charge in [-0.15, -0.1) is 19.7 Å². The van der Waals surface area contributed by atoms with Gasteiger partial charge in [-0.05, 0) is 34.6 Å². The summed E-state index contributed by atoms with van der Waals surface area (Å²) in [6.45, 7) is 25.0. The molecule has 0 aromatic rings. The molecule has 0 radical (unpaired) electrons. The number of carboxylic acid groups (broad SMARTS) is 2. The van der Waals surface area contributed by atoms with E-state index in [1.165, 1.54) is 13.8 Å². The van der Waals surface area contributed by atoms with E-state index >= 15 is 0 Å². The molecule has 0 aliphatic rings. The Morgan fingerprint density at radius 3 is 0.762 bits per heavy atom. The average molecular weight is 298 g/mol. The molecule has 0 fully saturated rings. The molecule has 21 heavy (non-hydrogen) atoms. The Morgan fingerprint density at radius 1 is 0.714 bits per heavy atom. The first-order valence-electron chi connectivity index (χ1n) is 6.02. The number of allylic oxidation sites excluding steroid dienone is 3. The monoisotopic (exact) mass is 298 g/mol. The van der Waals surface area contributed by atoms with Crippen LogP contribution in [-0.4, -0.2) is 22.2 Å². The quantitative estimate of drug-likeness (QED) is 0.563. The Hall–Kier alpha value is -2.36. The van der Waals surface area contributed by atoms with E-state index in [4.69, 9.17) is 10.2 Å². The molecule has 0 spiro atoms. The zero-order valence-corrected chi connectivity index (χ0v) is 14.0. The lowest BCUT2D eigenvalue weighted by Gasteiger charge is -1.79. The summed E-state index contributed by atoms with van der Waals surface area (Å²) < 4.78 is 0.